The Kier molecular flexibility index (Phi) is 5.69. The average molecular weight is 382 g/mol. The van der Waals surface area contributed by atoms with Gasteiger partial charge in [0.05, 0.1) is 25.0 Å². The molecule has 7 nitrogen and oxygen atoms in total. The standard InChI is InChI=1S/C20H19FN4O3/c1-3-28-17-7-5-4-6-13(17)16-10-18(24-11-23-16)25-12-8-14(20(22)26)19(27-2)15(21)9-12/h4-11H,3H2,1-2H3,(H2,22,26)(H,23,24,25). The van der Waals surface area contributed by atoms with Crippen LogP contribution in [-0.4, -0.2) is 29.6 Å². The first-order chi connectivity index (χ1) is 13.5. The van der Waals surface area contributed by atoms with Crippen LogP contribution in [0.3, 0.4) is 0 Å². The van der Waals surface area contributed by atoms with Crippen molar-refractivity contribution in [2.45, 2.75) is 6.92 Å². The maximum atomic E-state index is 14.2. The minimum atomic E-state index is -0.798. The first-order valence-corrected chi connectivity index (χ1v) is 8.52. The number of primary amides is 1. The van der Waals surface area contributed by atoms with Crippen molar-refractivity contribution in [2.24, 2.45) is 5.73 Å². The largest absolute Gasteiger partial charge is 0.493 e. The van der Waals surface area contributed by atoms with Crippen molar-refractivity contribution in [1.82, 2.24) is 9.97 Å². The van der Waals surface area contributed by atoms with Gasteiger partial charge in [0.2, 0.25) is 0 Å². The quantitative estimate of drug-likeness (QED) is 0.648. The second-order valence-corrected chi connectivity index (χ2v) is 5.75. The summed E-state index contributed by atoms with van der Waals surface area (Å²) in [5.74, 6) is -0.602. The van der Waals surface area contributed by atoms with Gasteiger partial charge >= 0.3 is 0 Å². The zero-order valence-electron chi connectivity index (χ0n) is 15.4. The molecule has 0 saturated heterocycles. The highest BCUT2D eigenvalue weighted by atomic mass is 19.1. The molecule has 0 bridgehead atoms. The third kappa shape index (κ3) is 4.01. The number of rotatable bonds is 7. The van der Waals surface area contributed by atoms with E-state index in [-0.39, 0.29) is 11.3 Å². The fourth-order valence-electron chi connectivity index (χ4n) is 2.74. The van der Waals surface area contributed by atoms with E-state index in [0.29, 0.717) is 29.6 Å². The van der Waals surface area contributed by atoms with Crippen LogP contribution in [0.1, 0.15) is 17.3 Å². The highest BCUT2D eigenvalue weighted by Gasteiger charge is 2.16. The van der Waals surface area contributed by atoms with E-state index >= 15 is 0 Å². The van der Waals surface area contributed by atoms with Crippen LogP contribution < -0.4 is 20.5 Å². The zero-order chi connectivity index (χ0) is 20.1. The minimum Gasteiger partial charge on any atom is -0.493 e. The summed E-state index contributed by atoms with van der Waals surface area (Å²) in [6.07, 6.45) is 1.38. The molecule has 144 valence electrons. The summed E-state index contributed by atoms with van der Waals surface area (Å²) in [6, 6.07) is 11.8. The Morgan fingerprint density at radius 2 is 2.00 bits per heavy atom. The second-order valence-electron chi connectivity index (χ2n) is 5.75. The van der Waals surface area contributed by atoms with Crippen molar-refractivity contribution in [3.8, 4) is 22.8 Å². The Balaban J connectivity index is 1.95. The van der Waals surface area contributed by atoms with Gasteiger partial charge in [0.25, 0.3) is 5.91 Å². The number of carbonyl (C=O) groups is 1. The van der Waals surface area contributed by atoms with E-state index in [1.54, 1.807) is 6.07 Å². The van der Waals surface area contributed by atoms with Crippen molar-refractivity contribution >= 4 is 17.4 Å². The summed E-state index contributed by atoms with van der Waals surface area (Å²) < 4.78 is 24.8. The van der Waals surface area contributed by atoms with E-state index in [9.17, 15) is 9.18 Å². The van der Waals surface area contributed by atoms with Gasteiger partial charge in [-0.05, 0) is 25.1 Å². The number of ether oxygens (including phenoxy) is 2. The van der Waals surface area contributed by atoms with E-state index in [1.165, 1.54) is 25.6 Å². The van der Waals surface area contributed by atoms with Gasteiger partial charge in [0.1, 0.15) is 17.9 Å². The lowest BCUT2D eigenvalue weighted by Gasteiger charge is -2.13. The number of anilines is 2. The topological polar surface area (TPSA) is 99.4 Å². The monoisotopic (exact) mass is 382 g/mol. The molecule has 1 amide bonds. The predicted molar refractivity (Wildman–Crippen MR) is 103 cm³/mol. The van der Waals surface area contributed by atoms with Gasteiger partial charge in [-0.1, -0.05) is 12.1 Å². The fourth-order valence-corrected chi connectivity index (χ4v) is 2.74. The predicted octanol–water partition coefficient (Wildman–Crippen LogP) is 3.53. The van der Waals surface area contributed by atoms with Crippen molar-refractivity contribution < 1.29 is 18.7 Å². The smallest absolute Gasteiger partial charge is 0.252 e. The van der Waals surface area contributed by atoms with Gasteiger partial charge < -0.3 is 20.5 Å². The van der Waals surface area contributed by atoms with Gasteiger partial charge in [-0.3, -0.25) is 4.79 Å². The van der Waals surface area contributed by atoms with Crippen LogP contribution >= 0.6 is 0 Å². The molecule has 28 heavy (non-hydrogen) atoms. The van der Waals surface area contributed by atoms with Crippen molar-refractivity contribution in [1.29, 1.82) is 0 Å². The Labute approximate surface area is 161 Å². The third-order valence-electron chi connectivity index (χ3n) is 3.92. The number of aromatic nitrogens is 2. The average Bonchev–Trinajstić information content (AvgIpc) is 2.68. The lowest BCUT2D eigenvalue weighted by molar-refractivity contribution is 0.0996. The molecule has 0 aliphatic heterocycles. The highest BCUT2D eigenvalue weighted by molar-refractivity contribution is 5.97. The van der Waals surface area contributed by atoms with Gasteiger partial charge in [0.15, 0.2) is 11.6 Å². The summed E-state index contributed by atoms with van der Waals surface area (Å²) in [7, 11) is 1.27. The van der Waals surface area contributed by atoms with E-state index in [0.717, 1.165) is 5.56 Å². The van der Waals surface area contributed by atoms with Crippen LogP contribution in [0.25, 0.3) is 11.3 Å². The molecular weight excluding hydrogens is 363 g/mol. The normalized spacial score (nSPS) is 10.4. The number of para-hydroxylation sites is 1. The number of nitrogens with one attached hydrogen (secondary N) is 1. The SMILES string of the molecule is CCOc1ccccc1-c1cc(Nc2cc(F)c(OC)c(C(N)=O)c2)ncn1. The van der Waals surface area contributed by atoms with E-state index in [2.05, 4.69) is 15.3 Å². The van der Waals surface area contributed by atoms with Gasteiger partial charge in [-0.25, -0.2) is 14.4 Å². The summed E-state index contributed by atoms with van der Waals surface area (Å²) in [4.78, 5) is 20.0. The zero-order valence-corrected chi connectivity index (χ0v) is 15.4. The number of nitrogens with zero attached hydrogens (tertiary/aromatic N) is 2. The molecule has 0 radical (unpaired) electrons. The second kappa shape index (κ2) is 8.34. The molecule has 0 aliphatic rings. The molecule has 0 spiro atoms. The number of methoxy groups -OCH3 is 1. The summed E-state index contributed by atoms with van der Waals surface area (Å²) in [6.45, 7) is 2.42. The molecule has 2 aromatic carbocycles. The molecule has 1 aromatic heterocycles. The van der Waals surface area contributed by atoms with Crippen LogP contribution in [0.15, 0.2) is 48.8 Å². The molecule has 3 aromatic rings. The summed E-state index contributed by atoms with van der Waals surface area (Å²) >= 11 is 0. The summed E-state index contributed by atoms with van der Waals surface area (Å²) in [5, 5.41) is 2.96. The first-order valence-electron chi connectivity index (χ1n) is 8.52. The van der Waals surface area contributed by atoms with E-state index in [4.69, 9.17) is 15.2 Å². The molecule has 3 rings (SSSR count). The summed E-state index contributed by atoms with van der Waals surface area (Å²) in [5.41, 5.74) is 6.98. The minimum absolute atomic E-state index is 0.0685. The number of hydrogen-bond acceptors (Lipinski definition) is 6. The molecule has 0 fully saturated rings. The van der Waals surface area contributed by atoms with Crippen molar-refractivity contribution in [2.75, 3.05) is 19.0 Å². The lowest BCUT2D eigenvalue weighted by Crippen LogP contribution is -2.14. The molecule has 0 atom stereocenters. The highest BCUT2D eigenvalue weighted by Crippen LogP contribution is 2.31. The number of hydrogen-bond donors (Lipinski definition) is 2. The first kappa shape index (κ1) is 19.1. The van der Waals surface area contributed by atoms with Crippen molar-refractivity contribution in [3.05, 3.63) is 60.2 Å². The Hall–Kier alpha value is -3.68. The molecule has 0 unspecified atom stereocenters. The van der Waals surface area contributed by atoms with Crippen molar-refractivity contribution in [3.63, 3.8) is 0 Å². The van der Waals surface area contributed by atoms with Crippen LogP contribution in [0.5, 0.6) is 11.5 Å². The Morgan fingerprint density at radius 3 is 2.71 bits per heavy atom. The van der Waals surface area contributed by atoms with Crippen LogP contribution in [0.4, 0.5) is 15.9 Å². The molecule has 8 heteroatoms. The van der Waals surface area contributed by atoms with Crippen LogP contribution in [0.2, 0.25) is 0 Å². The van der Waals surface area contributed by atoms with Crippen LogP contribution in [0, 0.1) is 5.82 Å². The number of benzene rings is 2. The van der Waals surface area contributed by atoms with Gasteiger partial charge in [-0.2, -0.15) is 0 Å². The number of nitrogens with two attached hydrogens (primary N) is 1. The third-order valence-corrected chi connectivity index (χ3v) is 3.92. The van der Waals surface area contributed by atoms with Gasteiger partial charge in [0, 0.05) is 23.4 Å². The van der Waals surface area contributed by atoms with E-state index < -0.39 is 11.7 Å². The van der Waals surface area contributed by atoms with Crippen LogP contribution in [-0.2, 0) is 0 Å². The number of amides is 1. The maximum absolute atomic E-state index is 14.2. The molecule has 0 aliphatic carbocycles. The number of halogens is 1. The Bertz CT molecular complexity index is 1010. The number of carbonyl (C=O) groups excluding carboxylic acids is 1. The fraction of sp³-hybridized carbons (Fsp3) is 0.150. The van der Waals surface area contributed by atoms with Gasteiger partial charge in [-0.15, -0.1) is 0 Å². The Morgan fingerprint density at radius 1 is 1.21 bits per heavy atom. The molecular formula is C20H19FN4O3. The molecule has 3 N–H and O–H groups in total. The maximum Gasteiger partial charge on any atom is 0.252 e. The lowest BCUT2D eigenvalue weighted by atomic mass is 10.1. The molecule has 1 heterocycles. The molecule has 0 saturated carbocycles. The van der Waals surface area contributed by atoms with E-state index in [1.807, 2.05) is 31.2 Å².